The molecule has 0 radical (unpaired) electrons. The Morgan fingerprint density at radius 2 is 1.72 bits per heavy atom. The molecule has 5 heteroatoms. The molecule has 4 nitrogen and oxygen atoms in total. The first-order chi connectivity index (χ1) is 12.3. The van der Waals surface area contributed by atoms with Gasteiger partial charge in [-0.1, -0.05) is 42.1 Å². The second-order valence-corrected chi connectivity index (χ2v) is 6.29. The monoisotopic (exact) mass is 345 g/mol. The van der Waals surface area contributed by atoms with Crippen LogP contribution in [-0.4, -0.2) is 10.9 Å². The molecule has 0 spiro atoms. The van der Waals surface area contributed by atoms with Gasteiger partial charge < -0.3 is 5.32 Å². The number of pyridine rings is 1. The Labute approximate surface area is 150 Å². The van der Waals surface area contributed by atoms with Crippen LogP contribution in [0, 0.1) is 11.3 Å². The molecule has 1 N–H and O–H groups in total. The second-order valence-electron chi connectivity index (χ2n) is 5.21. The topological polar surface area (TPSA) is 65.8 Å². The molecule has 0 aliphatic carbocycles. The zero-order chi connectivity index (χ0) is 17.5. The minimum Gasteiger partial charge on any atom is -0.346 e. The maximum atomic E-state index is 12.6. The molecule has 0 saturated heterocycles. The van der Waals surface area contributed by atoms with Crippen LogP contribution < -0.4 is 5.32 Å². The van der Waals surface area contributed by atoms with Crippen LogP contribution in [0.3, 0.4) is 0 Å². The van der Waals surface area contributed by atoms with E-state index in [4.69, 9.17) is 0 Å². The van der Waals surface area contributed by atoms with E-state index in [1.54, 1.807) is 18.3 Å². The van der Waals surface area contributed by atoms with Crippen LogP contribution in [0.1, 0.15) is 21.6 Å². The molecule has 0 aliphatic heterocycles. The molecule has 1 heterocycles. The number of hydrogen-bond acceptors (Lipinski definition) is 4. The van der Waals surface area contributed by atoms with Crippen molar-refractivity contribution in [3.8, 4) is 6.07 Å². The van der Waals surface area contributed by atoms with Crippen molar-refractivity contribution in [2.24, 2.45) is 0 Å². The van der Waals surface area contributed by atoms with Gasteiger partial charge in [-0.15, -0.1) is 0 Å². The van der Waals surface area contributed by atoms with E-state index in [0.717, 1.165) is 15.5 Å². The van der Waals surface area contributed by atoms with E-state index in [1.807, 2.05) is 54.6 Å². The summed E-state index contributed by atoms with van der Waals surface area (Å²) in [5.74, 6) is -0.164. The molecule has 1 aromatic heterocycles. The van der Waals surface area contributed by atoms with Crippen molar-refractivity contribution in [1.82, 2.24) is 10.3 Å². The van der Waals surface area contributed by atoms with Crippen LogP contribution in [0.4, 0.5) is 0 Å². The highest BCUT2D eigenvalue weighted by molar-refractivity contribution is 7.99. The molecular weight excluding hydrogens is 330 g/mol. The Balaban J connectivity index is 1.79. The van der Waals surface area contributed by atoms with E-state index >= 15 is 0 Å². The molecule has 0 aliphatic rings. The lowest BCUT2D eigenvalue weighted by atomic mass is 10.2. The van der Waals surface area contributed by atoms with Gasteiger partial charge in [-0.25, -0.2) is 0 Å². The van der Waals surface area contributed by atoms with Gasteiger partial charge in [0.15, 0.2) is 0 Å². The predicted molar refractivity (Wildman–Crippen MR) is 97.1 cm³/mol. The largest absolute Gasteiger partial charge is 0.346 e. The summed E-state index contributed by atoms with van der Waals surface area (Å²) in [6.45, 7) is 0.369. The summed E-state index contributed by atoms with van der Waals surface area (Å²) in [5, 5.41) is 12.1. The van der Waals surface area contributed by atoms with Gasteiger partial charge in [-0.2, -0.15) is 5.26 Å². The van der Waals surface area contributed by atoms with E-state index in [0.29, 0.717) is 17.7 Å². The van der Waals surface area contributed by atoms with E-state index in [9.17, 15) is 10.1 Å². The first-order valence-electron chi connectivity index (χ1n) is 7.72. The maximum absolute atomic E-state index is 12.6. The summed E-state index contributed by atoms with van der Waals surface area (Å²) in [5.41, 5.74) is 1.98. The molecule has 0 fully saturated rings. The van der Waals surface area contributed by atoms with Gasteiger partial charge in [0.1, 0.15) is 6.07 Å². The Morgan fingerprint density at radius 1 is 1.00 bits per heavy atom. The highest BCUT2D eigenvalue weighted by atomic mass is 32.2. The minimum atomic E-state index is -0.164. The number of carbonyl (C=O) groups excluding carboxylic acids is 1. The summed E-state index contributed by atoms with van der Waals surface area (Å²) in [4.78, 5) is 18.4. The Kier molecular flexibility index (Phi) is 5.45. The normalized spacial score (nSPS) is 10.0. The number of nitrogens with one attached hydrogen (secondary N) is 1. The number of benzene rings is 2. The SMILES string of the molecule is N#Cc1ccccc1Sc1ccccc1C(=O)NCc1ccccn1. The molecular formula is C20H15N3OS. The molecule has 25 heavy (non-hydrogen) atoms. The smallest absolute Gasteiger partial charge is 0.252 e. The fraction of sp³-hybridized carbons (Fsp3) is 0.0500. The highest BCUT2D eigenvalue weighted by Gasteiger charge is 2.13. The molecule has 0 bridgehead atoms. The molecule has 0 saturated carbocycles. The Hall–Kier alpha value is -3.10. The molecule has 122 valence electrons. The number of amides is 1. The summed E-state index contributed by atoms with van der Waals surface area (Å²) in [6, 6.07) is 22.5. The lowest BCUT2D eigenvalue weighted by molar-refractivity contribution is 0.0947. The maximum Gasteiger partial charge on any atom is 0.252 e. The Bertz CT molecular complexity index is 919. The standard InChI is InChI=1S/C20H15N3OS/c21-13-15-7-1-3-10-18(15)25-19-11-4-2-9-17(19)20(24)23-14-16-8-5-6-12-22-16/h1-12H,14H2,(H,23,24). The third kappa shape index (κ3) is 4.25. The summed E-state index contributed by atoms with van der Waals surface area (Å²) in [7, 11) is 0. The zero-order valence-corrected chi connectivity index (χ0v) is 14.2. The summed E-state index contributed by atoms with van der Waals surface area (Å²) in [6.07, 6.45) is 1.70. The molecule has 3 rings (SSSR count). The average Bonchev–Trinajstić information content (AvgIpc) is 2.68. The fourth-order valence-electron chi connectivity index (χ4n) is 2.28. The van der Waals surface area contributed by atoms with Crippen LogP contribution in [0.25, 0.3) is 0 Å². The van der Waals surface area contributed by atoms with Crippen molar-refractivity contribution in [2.75, 3.05) is 0 Å². The Morgan fingerprint density at radius 3 is 2.48 bits per heavy atom. The molecule has 2 aromatic carbocycles. The van der Waals surface area contributed by atoms with E-state index in [2.05, 4.69) is 16.4 Å². The fourth-order valence-corrected chi connectivity index (χ4v) is 3.30. The first kappa shape index (κ1) is 16.7. The van der Waals surface area contributed by atoms with E-state index in [-0.39, 0.29) is 5.91 Å². The van der Waals surface area contributed by atoms with Crippen LogP contribution in [-0.2, 0) is 6.54 Å². The molecule has 3 aromatic rings. The first-order valence-corrected chi connectivity index (χ1v) is 8.53. The van der Waals surface area contributed by atoms with Crippen molar-refractivity contribution >= 4 is 17.7 Å². The third-order valence-corrected chi connectivity index (χ3v) is 4.67. The lowest BCUT2D eigenvalue weighted by Gasteiger charge is -2.10. The van der Waals surface area contributed by atoms with Crippen molar-refractivity contribution in [3.63, 3.8) is 0 Å². The van der Waals surface area contributed by atoms with Gasteiger partial charge in [0.25, 0.3) is 5.91 Å². The van der Waals surface area contributed by atoms with E-state index < -0.39 is 0 Å². The van der Waals surface area contributed by atoms with Crippen molar-refractivity contribution in [3.05, 3.63) is 89.7 Å². The van der Waals surface area contributed by atoms with Gasteiger partial charge in [0.2, 0.25) is 0 Å². The number of aromatic nitrogens is 1. The van der Waals surface area contributed by atoms with Crippen molar-refractivity contribution in [2.45, 2.75) is 16.3 Å². The number of rotatable bonds is 5. The average molecular weight is 345 g/mol. The number of carbonyl (C=O) groups is 1. The number of nitrogens with zero attached hydrogens (tertiary/aromatic N) is 2. The molecule has 0 unspecified atom stereocenters. The van der Waals surface area contributed by atoms with Gasteiger partial charge in [-0.05, 0) is 36.4 Å². The van der Waals surface area contributed by atoms with Crippen LogP contribution in [0.5, 0.6) is 0 Å². The summed E-state index contributed by atoms with van der Waals surface area (Å²) < 4.78 is 0. The highest BCUT2D eigenvalue weighted by Crippen LogP contribution is 2.32. The number of nitriles is 1. The molecule has 1 amide bonds. The van der Waals surface area contributed by atoms with Crippen molar-refractivity contribution in [1.29, 1.82) is 5.26 Å². The van der Waals surface area contributed by atoms with Gasteiger partial charge >= 0.3 is 0 Å². The van der Waals surface area contributed by atoms with Crippen molar-refractivity contribution < 1.29 is 4.79 Å². The molecule has 0 atom stereocenters. The van der Waals surface area contributed by atoms with Crippen LogP contribution in [0.2, 0.25) is 0 Å². The van der Waals surface area contributed by atoms with Gasteiger partial charge in [-0.3, -0.25) is 9.78 Å². The number of hydrogen-bond donors (Lipinski definition) is 1. The van der Waals surface area contributed by atoms with Gasteiger partial charge in [0, 0.05) is 16.0 Å². The predicted octanol–water partition coefficient (Wildman–Crippen LogP) is 4.03. The van der Waals surface area contributed by atoms with Crippen LogP contribution in [0.15, 0.2) is 82.7 Å². The minimum absolute atomic E-state index is 0.164. The van der Waals surface area contributed by atoms with Crippen LogP contribution >= 0.6 is 11.8 Å². The van der Waals surface area contributed by atoms with E-state index in [1.165, 1.54) is 11.8 Å². The van der Waals surface area contributed by atoms with Gasteiger partial charge in [0.05, 0.1) is 23.4 Å². The third-order valence-electron chi connectivity index (χ3n) is 3.52. The lowest BCUT2D eigenvalue weighted by Crippen LogP contribution is -2.23. The summed E-state index contributed by atoms with van der Waals surface area (Å²) >= 11 is 1.42. The second kappa shape index (κ2) is 8.13. The zero-order valence-electron chi connectivity index (χ0n) is 13.3. The quantitative estimate of drug-likeness (QED) is 0.758.